The van der Waals surface area contributed by atoms with Crippen molar-refractivity contribution in [2.24, 2.45) is 5.92 Å². The molecule has 9 nitrogen and oxygen atoms in total. The van der Waals surface area contributed by atoms with E-state index in [9.17, 15) is 22.8 Å². The molecule has 2 N–H and O–H groups in total. The van der Waals surface area contributed by atoms with Gasteiger partial charge in [0.2, 0.25) is 21.8 Å². The van der Waals surface area contributed by atoms with E-state index in [1.165, 1.54) is 38.4 Å². The second kappa shape index (κ2) is 10.0. The molecule has 1 aromatic carbocycles. The Hall–Kier alpha value is -2.46. The maximum Gasteiger partial charge on any atom is 0.251 e. The number of hydrogen-bond donors (Lipinski definition) is 2. The van der Waals surface area contributed by atoms with Crippen LogP contribution in [0.1, 0.15) is 37.0 Å². The zero-order chi connectivity index (χ0) is 22.5. The topological polar surface area (TPSA) is 116 Å². The summed E-state index contributed by atoms with van der Waals surface area (Å²) in [6.45, 7) is 4.71. The van der Waals surface area contributed by atoms with E-state index >= 15 is 0 Å². The minimum Gasteiger partial charge on any atom is -0.352 e. The number of benzene rings is 1. The molecule has 10 heteroatoms. The molecule has 30 heavy (non-hydrogen) atoms. The lowest BCUT2D eigenvalue weighted by Crippen LogP contribution is -2.49. The van der Waals surface area contributed by atoms with E-state index in [-0.39, 0.29) is 40.8 Å². The number of hydrogen-bond acceptors (Lipinski definition) is 5. The lowest BCUT2D eigenvalue weighted by Gasteiger charge is -2.33. The van der Waals surface area contributed by atoms with E-state index in [0.29, 0.717) is 25.9 Å². The molecular formula is C20H30N4O5S. The minimum absolute atomic E-state index is 0.00676. The zero-order valence-corrected chi connectivity index (χ0v) is 18.7. The van der Waals surface area contributed by atoms with Crippen LogP contribution in [0.5, 0.6) is 0 Å². The van der Waals surface area contributed by atoms with Crippen molar-refractivity contribution in [1.29, 1.82) is 0 Å². The van der Waals surface area contributed by atoms with Crippen LogP contribution in [0.4, 0.5) is 0 Å². The summed E-state index contributed by atoms with van der Waals surface area (Å²) in [5.74, 6) is -0.782. The van der Waals surface area contributed by atoms with Gasteiger partial charge in [-0.25, -0.2) is 12.7 Å². The van der Waals surface area contributed by atoms with Crippen LogP contribution >= 0.6 is 0 Å². The van der Waals surface area contributed by atoms with Gasteiger partial charge in [0.25, 0.3) is 5.91 Å². The fourth-order valence-corrected chi connectivity index (χ4v) is 4.11. The number of carbonyl (C=O) groups is 3. The Labute approximate surface area is 177 Å². The Morgan fingerprint density at radius 3 is 2.37 bits per heavy atom. The second-order valence-electron chi connectivity index (χ2n) is 7.82. The third kappa shape index (κ3) is 6.02. The molecule has 1 heterocycles. The Kier molecular flexibility index (Phi) is 7.96. The van der Waals surface area contributed by atoms with Crippen LogP contribution in [0.2, 0.25) is 0 Å². The Morgan fingerprint density at radius 1 is 1.17 bits per heavy atom. The molecule has 0 saturated carbocycles. The number of nitrogens with one attached hydrogen (secondary N) is 2. The number of nitrogens with zero attached hydrogens (tertiary/aromatic N) is 2. The van der Waals surface area contributed by atoms with Crippen LogP contribution in [0.15, 0.2) is 29.2 Å². The summed E-state index contributed by atoms with van der Waals surface area (Å²) in [7, 11) is -0.829. The molecular weight excluding hydrogens is 408 g/mol. The average Bonchev–Trinajstić information content (AvgIpc) is 2.71. The number of rotatable bonds is 7. The second-order valence-corrected chi connectivity index (χ2v) is 9.97. The molecule has 0 aliphatic carbocycles. The van der Waals surface area contributed by atoms with Crippen LogP contribution < -0.4 is 10.6 Å². The van der Waals surface area contributed by atoms with E-state index in [1.807, 2.05) is 18.7 Å². The summed E-state index contributed by atoms with van der Waals surface area (Å²) in [6, 6.07) is 5.62. The summed E-state index contributed by atoms with van der Waals surface area (Å²) >= 11 is 0. The van der Waals surface area contributed by atoms with Crippen LogP contribution in [0.3, 0.4) is 0 Å². The van der Waals surface area contributed by atoms with E-state index in [4.69, 9.17) is 0 Å². The first-order valence-electron chi connectivity index (χ1n) is 9.91. The number of amides is 3. The molecule has 1 fully saturated rings. The van der Waals surface area contributed by atoms with Gasteiger partial charge in [-0.15, -0.1) is 0 Å². The molecule has 0 bridgehead atoms. The molecule has 0 aromatic heterocycles. The lowest BCUT2D eigenvalue weighted by atomic mass is 10.0. The highest BCUT2D eigenvalue weighted by atomic mass is 32.2. The predicted octanol–water partition coefficient (Wildman–Crippen LogP) is 0.430. The molecule has 0 radical (unpaired) electrons. The highest BCUT2D eigenvalue weighted by Gasteiger charge is 2.25. The van der Waals surface area contributed by atoms with E-state index in [1.54, 1.807) is 0 Å². The molecule has 1 saturated heterocycles. The summed E-state index contributed by atoms with van der Waals surface area (Å²) in [5.41, 5.74) is 0.159. The van der Waals surface area contributed by atoms with Gasteiger partial charge in [-0.1, -0.05) is 19.9 Å². The first kappa shape index (κ1) is 23.8. The highest BCUT2D eigenvalue weighted by molar-refractivity contribution is 7.89. The lowest BCUT2D eigenvalue weighted by molar-refractivity contribution is -0.135. The molecule has 2 rings (SSSR count). The van der Waals surface area contributed by atoms with Crippen LogP contribution in [0, 0.1) is 5.92 Å². The highest BCUT2D eigenvalue weighted by Crippen LogP contribution is 2.15. The Bertz CT molecular complexity index is 890. The van der Waals surface area contributed by atoms with Gasteiger partial charge in [-0.3, -0.25) is 14.4 Å². The zero-order valence-electron chi connectivity index (χ0n) is 17.8. The van der Waals surface area contributed by atoms with Crippen molar-refractivity contribution < 1.29 is 22.8 Å². The average molecular weight is 439 g/mol. The summed E-state index contributed by atoms with van der Waals surface area (Å²) < 4.78 is 25.5. The Morgan fingerprint density at radius 2 is 1.80 bits per heavy atom. The number of carbonyl (C=O) groups excluding carboxylic acids is 3. The van der Waals surface area contributed by atoms with Crippen molar-refractivity contribution in [2.45, 2.75) is 37.6 Å². The van der Waals surface area contributed by atoms with Gasteiger partial charge in [-0.2, -0.15) is 0 Å². The van der Waals surface area contributed by atoms with Gasteiger partial charge in [0.15, 0.2) is 0 Å². The van der Waals surface area contributed by atoms with Crippen LogP contribution in [-0.4, -0.2) is 75.1 Å². The van der Waals surface area contributed by atoms with E-state index < -0.39 is 15.9 Å². The molecule has 0 unspecified atom stereocenters. The van der Waals surface area contributed by atoms with E-state index in [2.05, 4.69) is 10.6 Å². The normalized spacial score (nSPS) is 15.3. The van der Waals surface area contributed by atoms with Gasteiger partial charge in [-0.05, 0) is 31.0 Å². The number of sulfonamides is 1. The Balaban J connectivity index is 1.84. The summed E-state index contributed by atoms with van der Waals surface area (Å²) in [5, 5.41) is 5.38. The fraction of sp³-hybridized carbons (Fsp3) is 0.550. The molecule has 166 valence electrons. The third-order valence-electron chi connectivity index (χ3n) is 4.95. The van der Waals surface area contributed by atoms with Gasteiger partial charge in [0, 0.05) is 44.7 Å². The van der Waals surface area contributed by atoms with Crippen LogP contribution in [-0.2, 0) is 19.6 Å². The number of likely N-dealkylation sites (tertiary alicyclic amines) is 1. The van der Waals surface area contributed by atoms with Gasteiger partial charge in [0.05, 0.1) is 11.4 Å². The third-order valence-corrected chi connectivity index (χ3v) is 6.76. The molecule has 3 amide bonds. The van der Waals surface area contributed by atoms with Crippen molar-refractivity contribution in [3.8, 4) is 0 Å². The first-order chi connectivity index (χ1) is 14.0. The van der Waals surface area contributed by atoms with Gasteiger partial charge in [0.1, 0.15) is 0 Å². The largest absolute Gasteiger partial charge is 0.352 e. The monoisotopic (exact) mass is 438 g/mol. The van der Waals surface area contributed by atoms with Crippen molar-refractivity contribution in [2.75, 3.05) is 33.7 Å². The van der Waals surface area contributed by atoms with E-state index in [0.717, 1.165) is 4.31 Å². The SMILES string of the molecule is CC(C)C(=O)N1CCC(NC(=O)CNC(=O)c2cccc(S(=O)(=O)N(C)C)c2)CC1. The molecule has 0 atom stereocenters. The van der Waals surface area contributed by atoms with Crippen molar-refractivity contribution in [3.63, 3.8) is 0 Å². The summed E-state index contributed by atoms with van der Waals surface area (Å²) in [4.78, 5) is 38.3. The maximum atomic E-state index is 12.3. The van der Waals surface area contributed by atoms with Crippen molar-refractivity contribution in [1.82, 2.24) is 19.8 Å². The maximum absolute atomic E-state index is 12.3. The van der Waals surface area contributed by atoms with Crippen molar-refractivity contribution >= 4 is 27.7 Å². The standard InChI is InChI=1S/C20H30N4O5S/c1-14(2)20(27)24-10-8-16(9-11-24)22-18(25)13-21-19(26)15-6-5-7-17(12-15)30(28,29)23(3)4/h5-7,12,14,16H,8-11,13H2,1-4H3,(H,21,26)(H,22,25). The fourth-order valence-electron chi connectivity index (χ4n) is 3.16. The van der Waals surface area contributed by atoms with Gasteiger partial charge < -0.3 is 15.5 Å². The number of piperidine rings is 1. The predicted molar refractivity (Wildman–Crippen MR) is 112 cm³/mol. The molecule has 1 aromatic rings. The van der Waals surface area contributed by atoms with Gasteiger partial charge >= 0.3 is 0 Å². The molecule has 1 aliphatic heterocycles. The van der Waals surface area contributed by atoms with Crippen LogP contribution in [0.25, 0.3) is 0 Å². The van der Waals surface area contributed by atoms with Crippen molar-refractivity contribution in [3.05, 3.63) is 29.8 Å². The quantitative estimate of drug-likeness (QED) is 0.641. The minimum atomic E-state index is -3.65. The smallest absolute Gasteiger partial charge is 0.251 e. The summed E-state index contributed by atoms with van der Waals surface area (Å²) in [6.07, 6.45) is 1.34. The molecule has 1 aliphatic rings. The first-order valence-corrected chi connectivity index (χ1v) is 11.3. The molecule has 0 spiro atoms.